The Hall–Kier alpha value is 0.880. The highest BCUT2D eigenvalue weighted by Gasteiger charge is 2.26. The van der Waals surface area contributed by atoms with E-state index in [0.717, 1.165) is 0 Å². The van der Waals surface area contributed by atoms with E-state index >= 15 is 0 Å². The standard InChI is InChI=1S/C34H74N2.CH4.Br2/c1-7-13-27-35(28-14-8-2,29-15-9-3)33-25-23-21-19-20-22-24-26-34-36(30-16-10-4,31-17-11-5)32-18-12-6;;1-2/h7-34H2,1-6H3;1H4;/q+2;;. The molecular formula is C35H78Br2N2+2. The Bertz CT molecular complexity index is 361. The molecule has 0 aliphatic rings. The van der Waals surface area contributed by atoms with Gasteiger partial charge in [0.1, 0.15) is 0 Å². The third-order valence-electron chi connectivity index (χ3n) is 8.93. The maximum absolute atomic E-state index is 2.75. The van der Waals surface area contributed by atoms with Gasteiger partial charge in [0.15, 0.2) is 0 Å². The predicted molar refractivity (Wildman–Crippen MR) is 190 cm³/mol. The minimum absolute atomic E-state index is 0. The summed E-state index contributed by atoms with van der Waals surface area (Å²) >= 11 is 5.50. The second-order valence-electron chi connectivity index (χ2n) is 12.4. The summed E-state index contributed by atoms with van der Waals surface area (Å²) in [5.41, 5.74) is 0. The van der Waals surface area contributed by atoms with Crippen LogP contribution in [0.1, 0.15) is 177 Å². The van der Waals surface area contributed by atoms with E-state index in [0.29, 0.717) is 0 Å². The summed E-state index contributed by atoms with van der Waals surface area (Å²) in [6.45, 7) is 25.7. The van der Waals surface area contributed by atoms with Gasteiger partial charge < -0.3 is 8.97 Å². The van der Waals surface area contributed by atoms with Crippen molar-refractivity contribution in [1.29, 1.82) is 0 Å². The highest BCUT2D eigenvalue weighted by Crippen LogP contribution is 2.20. The van der Waals surface area contributed by atoms with Crippen molar-refractivity contribution in [3.63, 3.8) is 0 Å². The van der Waals surface area contributed by atoms with E-state index in [-0.39, 0.29) is 7.43 Å². The van der Waals surface area contributed by atoms with Gasteiger partial charge in [-0.2, -0.15) is 0 Å². The summed E-state index contributed by atoms with van der Waals surface area (Å²) < 4.78 is 2.87. The van der Waals surface area contributed by atoms with Gasteiger partial charge in [-0.1, -0.05) is 113 Å². The molecule has 0 aromatic rings. The van der Waals surface area contributed by atoms with Gasteiger partial charge in [-0.3, -0.25) is 0 Å². The molecule has 0 heterocycles. The lowest BCUT2D eigenvalue weighted by Gasteiger charge is -2.39. The average molecular weight is 687 g/mol. The zero-order valence-corrected chi connectivity index (χ0v) is 30.6. The molecule has 39 heavy (non-hydrogen) atoms. The lowest BCUT2D eigenvalue weighted by atomic mass is 10.1. The van der Waals surface area contributed by atoms with Crippen molar-refractivity contribution in [3.8, 4) is 0 Å². The van der Waals surface area contributed by atoms with Gasteiger partial charge in [0, 0.05) is 28.3 Å². The minimum atomic E-state index is 0. The van der Waals surface area contributed by atoms with Gasteiger partial charge in [-0.15, -0.1) is 0 Å². The van der Waals surface area contributed by atoms with Crippen LogP contribution in [0.3, 0.4) is 0 Å². The van der Waals surface area contributed by atoms with Crippen LogP contribution in [0.15, 0.2) is 0 Å². The monoisotopic (exact) mass is 684 g/mol. The van der Waals surface area contributed by atoms with Crippen LogP contribution in [-0.2, 0) is 0 Å². The molecule has 4 heteroatoms. The zero-order chi connectivity index (χ0) is 28.8. The average Bonchev–Trinajstić information content (AvgIpc) is 2.96. The van der Waals surface area contributed by atoms with Crippen molar-refractivity contribution in [2.24, 2.45) is 0 Å². The maximum Gasteiger partial charge on any atom is 0.0786 e. The maximum atomic E-state index is 2.75. The van der Waals surface area contributed by atoms with Crippen LogP contribution < -0.4 is 0 Å². The Labute approximate surface area is 265 Å². The van der Waals surface area contributed by atoms with Crippen molar-refractivity contribution in [2.75, 3.05) is 52.4 Å². The quantitative estimate of drug-likeness (QED) is 0.0543. The number of hydrogen-bond donors (Lipinski definition) is 0. The topological polar surface area (TPSA) is 0 Å². The molecule has 2 nitrogen and oxygen atoms in total. The molecular weight excluding hydrogens is 608 g/mol. The molecule has 0 saturated carbocycles. The smallest absolute Gasteiger partial charge is 0.0786 e. The second kappa shape index (κ2) is 33.4. The number of quaternary nitrogens is 2. The van der Waals surface area contributed by atoms with E-state index in [4.69, 9.17) is 0 Å². The highest BCUT2D eigenvalue weighted by molar-refractivity contribution is 9.93. The van der Waals surface area contributed by atoms with Crippen LogP contribution in [0, 0.1) is 0 Å². The number of nitrogens with zero attached hydrogens (tertiary/aromatic N) is 2. The number of rotatable bonds is 29. The largest absolute Gasteiger partial charge is 0.324 e. The number of hydrogen-bond acceptors (Lipinski definition) is 0. The fourth-order valence-corrected chi connectivity index (χ4v) is 6.26. The number of unbranched alkanes of at least 4 members (excludes halogenated alkanes) is 13. The van der Waals surface area contributed by atoms with E-state index in [2.05, 4.69) is 69.8 Å². The molecule has 0 fully saturated rings. The van der Waals surface area contributed by atoms with E-state index in [1.54, 1.807) is 0 Å². The Kier molecular flexibility index (Phi) is 37.9. The van der Waals surface area contributed by atoms with Gasteiger partial charge in [0.2, 0.25) is 0 Å². The lowest BCUT2D eigenvalue weighted by Crippen LogP contribution is -2.50. The molecule has 0 saturated heterocycles. The molecule has 0 aromatic heterocycles. The molecule has 0 unspecified atom stereocenters. The normalized spacial score (nSPS) is 11.7. The summed E-state index contributed by atoms with van der Waals surface area (Å²) in [4.78, 5) is 0. The molecule has 0 N–H and O–H groups in total. The van der Waals surface area contributed by atoms with Crippen molar-refractivity contribution in [3.05, 3.63) is 0 Å². The van der Waals surface area contributed by atoms with Gasteiger partial charge in [0.05, 0.1) is 52.4 Å². The Morgan fingerprint density at radius 3 is 0.615 bits per heavy atom. The third kappa shape index (κ3) is 25.1. The van der Waals surface area contributed by atoms with E-state index < -0.39 is 0 Å². The van der Waals surface area contributed by atoms with E-state index in [1.165, 1.54) is 190 Å². The lowest BCUT2D eigenvalue weighted by molar-refractivity contribution is -0.929. The van der Waals surface area contributed by atoms with E-state index in [1.807, 2.05) is 0 Å². The number of halogens is 2. The zero-order valence-electron chi connectivity index (χ0n) is 27.4. The van der Waals surface area contributed by atoms with Crippen molar-refractivity contribution < 1.29 is 8.97 Å². The first kappa shape index (κ1) is 44.3. The minimum Gasteiger partial charge on any atom is -0.324 e. The van der Waals surface area contributed by atoms with Crippen LogP contribution in [0.25, 0.3) is 0 Å². The van der Waals surface area contributed by atoms with Gasteiger partial charge in [-0.05, 0) is 64.2 Å². The molecule has 0 radical (unpaired) electrons. The molecule has 0 aliphatic carbocycles. The fraction of sp³-hybridized carbons (Fsp3) is 1.00. The SMILES string of the molecule is BrBr.C.CCCC[N+](CCCC)(CCCC)CCCCCCCCCC[N+](CCCC)(CCCC)CCCC. The third-order valence-corrected chi connectivity index (χ3v) is 8.93. The van der Waals surface area contributed by atoms with E-state index in [9.17, 15) is 0 Å². The predicted octanol–water partition coefficient (Wildman–Crippen LogP) is 12.9. The summed E-state index contributed by atoms with van der Waals surface area (Å²) in [6, 6.07) is 0. The molecule has 0 bridgehead atoms. The molecule has 0 aromatic carbocycles. The molecule has 240 valence electrons. The fourth-order valence-electron chi connectivity index (χ4n) is 6.26. The summed E-state index contributed by atoms with van der Waals surface area (Å²) in [5.74, 6) is 0. The van der Waals surface area contributed by atoms with Crippen molar-refractivity contribution in [1.82, 2.24) is 0 Å². The summed E-state index contributed by atoms with van der Waals surface area (Å²) in [5, 5.41) is 0. The molecule has 0 amide bonds. The van der Waals surface area contributed by atoms with Crippen molar-refractivity contribution >= 4 is 28.3 Å². The van der Waals surface area contributed by atoms with Crippen molar-refractivity contribution in [2.45, 2.75) is 177 Å². The highest BCUT2D eigenvalue weighted by atomic mass is 80.9. The first-order valence-corrected chi connectivity index (χ1v) is 21.1. The Morgan fingerprint density at radius 2 is 0.436 bits per heavy atom. The van der Waals surface area contributed by atoms with Crippen LogP contribution >= 0.6 is 28.3 Å². The van der Waals surface area contributed by atoms with Crippen LogP contribution in [0.4, 0.5) is 0 Å². The Balaban J connectivity index is -0.00000421. The summed E-state index contributed by atoms with van der Waals surface area (Å²) in [7, 11) is 0. The molecule has 0 atom stereocenters. The van der Waals surface area contributed by atoms with Gasteiger partial charge in [0.25, 0.3) is 0 Å². The second-order valence-corrected chi connectivity index (χ2v) is 12.4. The first-order valence-electron chi connectivity index (χ1n) is 17.4. The molecule has 0 spiro atoms. The van der Waals surface area contributed by atoms with Gasteiger partial charge in [-0.25, -0.2) is 0 Å². The first-order chi connectivity index (χ1) is 18.6. The van der Waals surface area contributed by atoms with Crippen LogP contribution in [0.5, 0.6) is 0 Å². The van der Waals surface area contributed by atoms with Crippen LogP contribution in [0.2, 0.25) is 0 Å². The van der Waals surface area contributed by atoms with Gasteiger partial charge >= 0.3 is 0 Å². The van der Waals surface area contributed by atoms with Crippen LogP contribution in [-0.4, -0.2) is 61.3 Å². The summed E-state index contributed by atoms with van der Waals surface area (Å²) in [6.07, 6.45) is 28.4. The Morgan fingerprint density at radius 1 is 0.282 bits per heavy atom. The molecule has 0 rings (SSSR count). The molecule has 0 aliphatic heterocycles.